The summed E-state index contributed by atoms with van der Waals surface area (Å²) >= 11 is 5.74. The molecule has 0 aliphatic carbocycles. The van der Waals surface area contributed by atoms with E-state index in [0.717, 1.165) is 6.33 Å². The lowest BCUT2D eigenvalue weighted by atomic mass is 10.3. The quantitative estimate of drug-likeness (QED) is 0.485. The number of rotatable bonds is 5. The van der Waals surface area contributed by atoms with Crippen LogP contribution in [0.4, 0.5) is 27.8 Å². The third-order valence-electron chi connectivity index (χ3n) is 2.64. The topological polar surface area (TPSA) is 134 Å². The van der Waals surface area contributed by atoms with Crippen molar-refractivity contribution in [1.82, 2.24) is 15.4 Å². The van der Waals surface area contributed by atoms with E-state index in [4.69, 9.17) is 11.6 Å². The number of carbonyl (C=O) groups excluding carboxylic acids is 1. The van der Waals surface area contributed by atoms with E-state index in [0.29, 0.717) is 10.7 Å². The zero-order valence-electron chi connectivity index (χ0n) is 11.8. The number of hydrogen-bond acceptors (Lipinski definition) is 7. The summed E-state index contributed by atoms with van der Waals surface area (Å²) in [5.41, 5.74) is 4.75. The van der Waals surface area contributed by atoms with Gasteiger partial charge in [0.25, 0.3) is 0 Å². The third-order valence-corrected chi connectivity index (χ3v) is 2.89. The van der Waals surface area contributed by atoms with Crippen LogP contribution in [0.5, 0.6) is 0 Å². The molecule has 1 aromatic heterocycles. The first-order chi connectivity index (χ1) is 11.0. The van der Waals surface area contributed by atoms with Gasteiger partial charge in [-0.25, -0.2) is 20.2 Å². The third kappa shape index (κ3) is 4.17. The largest absolute Gasteiger partial charge is 0.367 e. The van der Waals surface area contributed by atoms with Crippen molar-refractivity contribution in [3.05, 3.63) is 45.7 Å². The highest BCUT2D eigenvalue weighted by molar-refractivity contribution is 6.30. The van der Waals surface area contributed by atoms with Crippen LogP contribution in [0, 0.1) is 10.1 Å². The molecule has 120 valence electrons. The molecule has 23 heavy (non-hydrogen) atoms. The first-order valence-corrected chi connectivity index (χ1v) is 6.64. The Kier molecular flexibility index (Phi) is 5.10. The predicted octanol–water partition coefficient (Wildman–Crippen LogP) is 2.23. The monoisotopic (exact) mass is 337 g/mol. The lowest BCUT2D eigenvalue weighted by Crippen LogP contribution is -2.34. The molecule has 0 saturated heterocycles. The lowest BCUT2D eigenvalue weighted by Gasteiger charge is -2.10. The summed E-state index contributed by atoms with van der Waals surface area (Å²) < 4.78 is 0. The zero-order chi connectivity index (χ0) is 16.8. The minimum absolute atomic E-state index is 0.0207. The molecule has 0 aliphatic rings. The van der Waals surface area contributed by atoms with Crippen LogP contribution < -0.4 is 21.5 Å². The van der Waals surface area contributed by atoms with Crippen molar-refractivity contribution in [3.8, 4) is 0 Å². The van der Waals surface area contributed by atoms with Gasteiger partial charge in [-0.15, -0.1) is 0 Å². The minimum Gasteiger partial charge on any atom is -0.367 e. The molecule has 4 N–H and O–H groups in total. The molecule has 0 bridgehead atoms. The summed E-state index contributed by atoms with van der Waals surface area (Å²) in [6.45, 7) is 0. The zero-order valence-corrected chi connectivity index (χ0v) is 12.6. The van der Waals surface area contributed by atoms with E-state index in [2.05, 4.69) is 31.5 Å². The van der Waals surface area contributed by atoms with Crippen LogP contribution in [-0.2, 0) is 0 Å². The van der Waals surface area contributed by atoms with Gasteiger partial charge in [-0.2, -0.15) is 0 Å². The Balaban J connectivity index is 2.04. The molecule has 1 aromatic carbocycles. The fourth-order valence-corrected chi connectivity index (χ4v) is 1.76. The Morgan fingerprint density at radius 3 is 2.48 bits per heavy atom. The number of nitrogens with zero attached hydrogens (tertiary/aromatic N) is 3. The van der Waals surface area contributed by atoms with Crippen LogP contribution in [0.15, 0.2) is 30.6 Å². The molecule has 10 nitrogen and oxygen atoms in total. The average molecular weight is 338 g/mol. The summed E-state index contributed by atoms with van der Waals surface area (Å²) in [6.07, 6.45) is 1.12. The molecule has 0 aliphatic heterocycles. The number of urea groups is 1. The molecule has 2 aromatic rings. The van der Waals surface area contributed by atoms with E-state index in [-0.39, 0.29) is 17.3 Å². The van der Waals surface area contributed by atoms with Gasteiger partial charge < -0.3 is 10.6 Å². The highest BCUT2D eigenvalue weighted by atomic mass is 35.5. The molecule has 0 unspecified atom stereocenters. The molecule has 2 amide bonds. The highest BCUT2D eigenvalue weighted by Gasteiger charge is 2.22. The van der Waals surface area contributed by atoms with Gasteiger partial charge in [0.05, 0.1) is 4.92 Å². The van der Waals surface area contributed by atoms with Crippen LogP contribution in [0.1, 0.15) is 0 Å². The van der Waals surface area contributed by atoms with Crippen molar-refractivity contribution in [2.24, 2.45) is 0 Å². The number of hydrogen-bond donors (Lipinski definition) is 4. The van der Waals surface area contributed by atoms with Gasteiger partial charge in [-0.05, 0) is 24.3 Å². The molecule has 2 rings (SSSR count). The summed E-state index contributed by atoms with van der Waals surface area (Å²) in [5.74, 6) is -0.131. The number of aromatic nitrogens is 2. The van der Waals surface area contributed by atoms with Crippen LogP contribution in [-0.4, -0.2) is 28.0 Å². The molecular weight excluding hydrogens is 326 g/mol. The minimum atomic E-state index is -0.660. The standard InChI is InChI=1S/C12H12ClN7O3/c1-14-10-9(20(22)23)11(16-6-15-10)18-19-12(21)17-8-4-2-7(13)3-5-8/h2-6H,1H3,(H2,17,19,21)(H2,14,15,16,18). The Morgan fingerprint density at radius 2 is 1.87 bits per heavy atom. The second-order valence-electron chi connectivity index (χ2n) is 4.14. The molecule has 0 saturated carbocycles. The maximum absolute atomic E-state index is 11.8. The molecule has 0 atom stereocenters. The van der Waals surface area contributed by atoms with E-state index in [1.54, 1.807) is 24.3 Å². The van der Waals surface area contributed by atoms with Crippen LogP contribution in [0.2, 0.25) is 5.02 Å². The van der Waals surface area contributed by atoms with E-state index < -0.39 is 11.0 Å². The van der Waals surface area contributed by atoms with Crippen molar-refractivity contribution in [2.45, 2.75) is 0 Å². The van der Waals surface area contributed by atoms with Gasteiger partial charge in [0.15, 0.2) is 0 Å². The summed E-state index contributed by atoms with van der Waals surface area (Å²) in [4.78, 5) is 29.6. The van der Waals surface area contributed by atoms with Crippen LogP contribution in [0.3, 0.4) is 0 Å². The van der Waals surface area contributed by atoms with Gasteiger partial charge in [-0.1, -0.05) is 11.6 Å². The molecular formula is C12H12ClN7O3. The second kappa shape index (κ2) is 7.22. The second-order valence-corrected chi connectivity index (χ2v) is 4.57. The number of anilines is 3. The van der Waals surface area contributed by atoms with Gasteiger partial charge in [0.1, 0.15) is 6.33 Å². The number of nitro groups is 1. The van der Waals surface area contributed by atoms with Gasteiger partial charge in [-0.3, -0.25) is 15.5 Å². The SMILES string of the molecule is CNc1ncnc(NNC(=O)Nc2ccc(Cl)cc2)c1[N+](=O)[O-]. The van der Waals surface area contributed by atoms with Gasteiger partial charge in [0.2, 0.25) is 11.6 Å². The van der Waals surface area contributed by atoms with E-state index >= 15 is 0 Å². The van der Waals surface area contributed by atoms with E-state index in [1.807, 2.05) is 0 Å². The van der Waals surface area contributed by atoms with Crippen LogP contribution >= 0.6 is 11.6 Å². The van der Waals surface area contributed by atoms with Crippen molar-refractivity contribution in [2.75, 3.05) is 23.1 Å². The highest BCUT2D eigenvalue weighted by Crippen LogP contribution is 2.27. The number of halogens is 1. The fourth-order valence-electron chi connectivity index (χ4n) is 1.64. The summed E-state index contributed by atoms with van der Waals surface area (Å²) in [6, 6.07) is 5.80. The molecule has 11 heteroatoms. The summed E-state index contributed by atoms with van der Waals surface area (Å²) in [5, 5.41) is 16.7. The van der Waals surface area contributed by atoms with Crippen molar-refractivity contribution in [3.63, 3.8) is 0 Å². The Hall–Kier alpha value is -3.14. The first-order valence-electron chi connectivity index (χ1n) is 6.27. The fraction of sp³-hybridized carbons (Fsp3) is 0.0833. The van der Waals surface area contributed by atoms with E-state index in [9.17, 15) is 14.9 Å². The van der Waals surface area contributed by atoms with Crippen LogP contribution in [0.25, 0.3) is 0 Å². The molecule has 0 radical (unpaired) electrons. The maximum atomic E-state index is 11.8. The summed E-state index contributed by atoms with van der Waals surface area (Å²) in [7, 11) is 1.49. The Bertz CT molecular complexity index is 723. The van der Waals surface area contributed by atoms with Crippen molar-refractivity contribution in [1.29, 1.82) is 0 Å². The lowest BCUT2D eigenvalue weighted by molar-refractivity contribution is -0.383. The van der Waals surface area contributed by atoms with Gasteiger partial charge >= 0.3 is 11.7 Å². The Morgan fingerprint density at radius 1 is 1.22 bits per heavy atom. The van der Waals surface area contributed by atoms with E-state index in [1.165, 1.54) is 7.05 Å². The van der Waals surface area contributed by atoms with Crippen molar-refractivity contribution < 1.29 is 9.72 Å². The number of hydrazine groups is 1. The van der Waals surface area contributed by atoms with Crippen molar-refractivity contribution >= 4 is 40.6 Å². The maximum Gasteiger partial charge on any atom is 0.354 e. The first kappa shape index (κ1) is 16.2. The smallest absolute Gasteiger partial charge is 0.354 e. The number of carbonyl (C=O) groups is 1. The number of amides is 2. The van der Waals surface area contributed by atoms with Gasteiger partial charge in [0, 0.05) is 17.8 Å². The molecule has 0 fully saturated rings. The average Bonchev–Trinajstić information content (AvgIpc) is 2.54. The predicted molar refractivity (Wildman–Crippen MR) is 85.5 cm³/mol. The number of benzene rings is 1. The number of nitrogens with one attached hydrogen (secondary N) is 4. The molecule has 1 heterocycles. The molecule has 0 spiro atoms. The Labute approximate surface area is 135 Å². The normalized spacial score (nSPS) is 9.83.